The Labute approximate surface area is 238 Å². The van der Waals surface area contributed by atoms with Gasteiger partial charge in [-0.05, 0) is 83.9 Å². The second kappa shape index (κ2) is 11.5. The van der Waals surface area contributed by atoms with E-state index in [1.54, 1.807) is 6.20 Å². The van der Waals surface area contributed by atoms with Gasteiger partial charge in [-0.3, -0.25) is 14.9 Å². The van der Waals surface area contributed by atoms with E-state index in [1.165, 1.54) is 11.1 Å². The summed E-state index contributed by atoms with van der Waals surface area (Å²) in [6, 6.07) is 17.5. The summed E-state index contributed by atoms with van der Waals surface area (Å²) in [4.78, 5) is 30.3. The number of aliphatic imine (C=N–C) groups is 1. The number of carbonyl (C=O) groups is 1. The number of pyridine rings is 1. The number of anilines is 1. The van der Waals surface area contributed by atoms with Crippen molar-refractivity contribution in [2.24, 2.45) is 4.99 Å². The number of halogens is 1. The van der Waals surface area contributed by atoms with Crippen LogP contribution < -0.4 is 5.32 Å². The zero-order chi connectivity index (χ0) is 27.5. The van der Waals surface area contributed by atoms with Crippen molar-refractivity contribution in [3.05, 3.63) is 107 Å². The third kappa shape index (κ3) is 5.41. The number of aryl methyl sites for hydroxylation is 1. The van der Waals surface area contributed by atoms with Crippen molar-refractivity contribution in [1.82, 2.24) is 24.3 Å². The molecule has 0 radical (unpaired) electrons. The van der Waals surface area contributed by atoms with Crippen molar-refractivity contribution in [3.63, 3.8) is 0 Å². The van der Waals surface area contributed by atoms with Crippen LogP contribution in [0.3, 0.4) is 0 Å². The van der Waals surface area contributed by atoms with Crippen molar-refractivity contribution in [2.45, 2.75) is 19.0 Å². The van der Waals surface area contributed by atoms with Crippen LogP contribution in [0, 0.1) is 0 Å². The van der Waals surface area contributed by atoms with Gasteiger partial charge in [0, 0.05) is 62.0 Å². The lowest BCUT2D eigenvalue weighted by Gasteiger charge is -2.39. The van der Waals surface area contributed by atoms with Gasteiger partial charge in [0.25, 0.3) is 0 Å². The Morgan fingerprint density at radius 1 is 1.07 bits per heavy atom. The molecule has 0 saturated carbocycles. The van der Waals surface area contributed by atoms with Crippen LogP contribution >= 0.6 is 11.6 Å². The number of rotatable bonds is 6. The monoisotopic (exact) mass is 551 g/mol. The van der Waals surface area contributed by atoms with Crippen LogP contribution in [0.4, 0.5) is 16.2 Å². The maximum Gasteiger partial charge on any atom is 0.321 e. The SMILES string of the molecule is C=Nc1ccc(NC(=O)N2CCN(C3c4ccc(Cl)cc4C(CCn4ccnc4)=Cc4cccnc43)CC2)cc1. The van der Waals surface area contributed by atoms with Gasteiger partial charge in [-0.2, -0.15) is 0 Å². The molecular formula is C31H30ClN7O. The van der Waals surface area contributed by atoms with Gasteiger partial charge < -0.3 is 14.8 Å². The first-order chi connectivity index (χ1) is 19.6. The molecule has 4 aromatic rings. The van der Waals surface area contributed by atoms with Crippen molar-refractivity contribution in [2.75, 3.05) is 31.5 Å². The highest BCUT2D eigenvalue weighted by atomic mass is 35.5. The quantitative estimate of drug-likeness (QED) is 0.292. The van der Waals surface area contributed by atoms with Crippen LogP contribution in [0.1, 0.15) is 34.8 Å². The summed E-state index contributed by atoms with van der Waals surface area (Å²) >= 11 is 6.55. The number of allylic oxidation sites excluding steroid dienone is 1. The number of amides is 2. The molecule has 1 unspecified atom stereocenters. The first kappa shape index (κ1) is 26.0. The van der Waals surface area contributed by atoms with Gasteiger partial charge >= 0.3 is 6.03 Å². The summed E-state index contributed by atoms with van der Waals surface area (Å²) in [5, 5.41) is 3.71. The van der Waals surface area contributed by atoms with Crippen molar-refractivity contribution >= 4 is 47.4 Å². The predicted molar refractivity (Wildman–Crippen MR) is 160 cm³/mol. The van der Waals surface area contributed by atoms with Gasteiger partial charge in [0.15, 0.2) is 0 Å². The summed E-state index contributed by atoms with van der Waals surface area (Å²) in [5.74, 6) is 0. The fraction of sp³-hybridized carbons (Fsp3) is 0.226. The number of piperazine rings is 1. The molecule has 1 saturated heterocycles. The molecule has 3 heterocycles. The molecule has 1 atom stereocenters. The van der Waals surface area contributed by atoms with Crippen LogP contribution in [-0.2, 0) is 6.54 Å². The highest BCUT2D eigenvalue weighted by Gasteiger charge is 2.33. The van der Waals surface area contributed by atoms with E-state index in [0.717, 1.165) is 54.3 Å². The summed E-state index contributed by atoms with van der Waals surface area (Å²) in [7, 11) is 0. The highest BCUT2D eigenvalue weighted by molar-refractivity contribution is 6.30. The first-order valence-electron chi connectivity index (χ1n) is 13.4. The number of nitrogens with one attached hydrogen (secondary N) is 1. The van der Waals surface area contributed by atoms with E-state index in [4.69, 9.17) is 16.6 Å². The van der Waals surface area contributed by atoms with Crippen molar-refractivity contribution < 1.29 is 4.79 Å². The number of hydrogen-bond acceptors (Lipinski definition) is 5. The number of nitrogens with zero attached hydrogens (tertiary/aromatic N) is 6. The Hall–Kier alpha value is -4.27. The van der Waals surface area contributed by atoms with E-state index < -0.39 is 0 Å². The van der Waals surface area contributed by atoms with E-state index in [9.17, 15) is 4.79 Å². The summed E-state index contributed by atoms with van der Waals surface area (Å²) in [6.45, 7) is 7.02. The number of hydrogen-bond donors (Lipinski definition) is 1. The Morgan fingerprint density at radius 3 is 2.65 bits per heavy atom. The minimum absolute atomic E-state index is 0.0466. The molecule has 6 rings (SSSR count). The molecule has 2 aromatic heterocycles. The predicted octanol–water partition coefficient (Wildman–Crippen LogP) is 6.15. The molecule has 0 spiro atoms. The van der Waals surface area contributed by atoms with E-state index in [-0.39, 0.29) is 12.1 Å². The normalized spacial score (nSPS) is 16.9. The topological polar surface area (TPSA) is 78.7 Å². The lowest BCUT2D eigenvalue weighted by atomic mass is 9.92. The third-order valence-corrected chi connectivity index (χ3v) is 7.82. The number of urea groups is 1. The van der Waals surface area contributed by atoms with Crippen LogP contribution in [0.5, 0.6) is 0 Å². The van der Waals surface area contributed by atoms with E-state index in [2.05, 4.69) is 55.8 Å². The zero-order valence-corrected chi connectivity index (χ0v) is 22.8. The zero-order valence-electron chi connectivity index (χ0n) is 22.1. The molecule has 1 aliphatic heterocycles. The smallest absolute Gasteiger partial charge is 0.321 e. The molecule has 2 amide bonds. The van der Waals surface area contributed by atoms with E-state index in [1.807, 2.05) is 60.0 Å². The average molecular weight is 552 g/mol. The fourth-order valence-corrected chi connectivity index (χ4v) is 5.69. The van der Waals surface area contributed by atoms with Crippen LogP contribution in [0.15, 0.2) is 84.5 Å². The fourth-order valence-electron chi connectivity index (χ4n) is 5.52. The molecule has 40 heavy (non-hydrogen) atoms. The maximum absolute atomic E-state index is 13.0. The Kier molecular flexibility index (Phi) is 7.44. The number of benzene rings is 2. The van der Waals surface area contributed by atoms with Gasteiger partial charge in [-0.25, -0.2) is 9.78 Å². The Bertz CT molecular complexity index is 1540. The molecular weight excluding hydrogens is 522 g/mol. The first-order valence-corrected chi connectivity index (χ1v) is 13.7. The summed E-state index contributed by atoms with van der Waals surface area (Å²) < 4.78 is 2.09. The number of imidazole rings is 1. The standard InChI is InChI=1S/C31H30ClN7O/c1-33-25-5-7-26(8-6-25)36-31(40)39-17-15-38(16-18-39)30-27-9-4-24(32)20-28(27)22(10-13-37-14-12-34-21-37)19-23-3-2-11-35-29(23)30/h2-9,11-12,14,19-21,30H,1,10,13,15-18H2,(H,36,40). The molecule has 2 aliphatic rings. The lowest BCUT2D eigenvalue weighted by molar-refractivity contribution is 0.125. The highest BCUT2D eigenvalue weighted by Crippen LogP contribution is 2.41. The van der Waals surface area contributed by atoms with Crippen molar-refractivity contribution in [3.8, 4) is 0 Å². The Morgan fingerprint density at radius 2 is 1.90 bits per heavy atom. The van der Waals surface area contributed by atoms with Crippen LogP contribution in [0.2, 0.25) is 5.02 Å². The molecule has 1 N–H and O–H groups in total. The minimum atomic E-state index is -0.103. The summed E-state index contributed by atoms with van der Waals surface area (Å²) in [5.41, 5.74) is 7.20. The van der Waals surface area contributed by atoms with Gasteiger partial charge in [-0.1, -0.05) is 23.7 Å². The van der Waals surface area contributed by atoms with Crippen LogP contribution in [-0.4, -0.2) is 63.3 Å². The number of fused-ring (bicyclic) bond motifs is 2. The van der Waals surface area contributed by atoms with Gasteiger partial charge in [0.1, 0.15) is 0 Å². The molecule has 2 aromatic carbocycles. The van der Waals surface area contributed by atoms with Gasteiger partial charge in [-0.15, -0.1) is 0 Å². The molecule has 9 heteroatoms. The second-order valence-corrected chi connectivity index (χ2v) is 10.4. The number of carbonyl (C=O) groups excluding carboxylic acids is 1. The second-order valence-electron chi connectivity index (χ2n) is 9.99. The lowest BCUT2D eigenvalue weighted by Crippen LogP contribution is -2.51. The molecule has 202 valence electrons. The van der Waals surface area contributed by atoms with Crippen molar-refractivity contribution in [1.29, 1.82) is 0 Å². The maximum atomic E-state index is 13.0. The largest absolute Gasteiger partial charge is 0.337 e. The molecule has 8 nitrogen and oxygen atoms in total. The minimum Gasteiger partial charge on any atom is -0.337 e. The number of aromatic nitrogens is 3. The molecule has 0 bridgehead atoms. The summed E-state index contributed by atoms with van der Waals surface area (Å²) in [6.07, 6.45) is 10.6. The Balaban J connectivity index is 1.24. The van der Waals surface area contributed by atoms with Crippen LogP contribution in [0.25, 0.3) is 11.6 Å². The average Bonchev–Trinajstić information content (AvgIpc) is 3.47. The molecule has 1 aliphatic carbocycles. The molecule has 1 fully saturated rings. The van der Waals surface area contributed by atoms with E-state index in [0.29, 0.717) is 18.1 Å². The van der Waals surface area contributed by atoms with Gasteiger partial charge in [0.2, 0.25) is 0 Å². The van der Waals surface area contributed by atoms with E-state index >= 15 is 0 Å². The third-order valence-electron chi connectivity index (χ3n) is 7.58. The van der Waals surface area contributed by atoms with Gasteiger partial charge in [0.05, 0.1) is 23.8 Å².